The lowest BCUT2D eigenvalue weighted by molar-refractivity contribution is -0.117. The van der Waals surface area contributed by atoms with Crippen molar-refractivity contribution in [2.24, 2.45) is 0 Å². The van der Waals surface area contributed by atoms with E-state index >= 15 is 0 Å². The summed E-state index contributed by atoms with van der Waals surface area (Å²) >= 11 is 5.90. The molecule has 0 saturated carbocycles. The highest BCUT2D eigenvalue weighted by Gasteiger charge is 2.17. The number of nitrogens with one attached hydrogen (secondary N) is 4. The molecule has 0 atom stereocenters. The quantitative estimate of drug-likeness (QED) is 0.331. The summed E-state index contributed by atoms with van der Waals surface area (Å²) in [5.74, 6) is -0.0705. The Morgan fingerprint density at radius 1 is 1.09 bits per heavy atom. The maximum atomic E-state index is 12.9. The number of amides is 2. The van der Waals surface area contributed by atoms with Crippen molar-refractivity contribution in [2.45, 2.75) is 0 Å². The Morgan fingerprint density at radius 2 is 1.88 bits per heavy atom. The topological polar surface area (TPSA) is 134 Å². The molecule has 0 aliphatic carbocycles. The molecule has 0 bridgehead atoms. The number of fused-ring (bicyclic) bond motifs is 1. The van der Waals surface area contributed by atoms with Gasteiger partial charge in [-0.15, -0.1) is 0 Å². The third kappa shape index (κ3) is 4.71. The molecule has 0 saturated heterocycles. The van der Waals surface area contributed by atoms with Crippen LogP contribution in [0.1, 0.15) is 15.9 Å². The van der Waals surface area contributed by atoms with Crippen LogP contribution in [0.3, 0.4) is 0 Å². The Morgan fingerprint density at radius 3 is 2.69 bits per heavy atom. The van der Waals surface area contributed by atoms with Crippen molar-refractivity contribution < 1.29 is 19.1 Å². The highest BCUT2D eigenvalue weighted by molar-refractivity contribution is 6.32. The van der Waals surface area contributed by atoms with Gasteiger partial charge in [-0.05, 0) is 35.9 Å². The maximum Gasteiger partial charge on any atom is 0.286 e. The van der Waals surface area contributed by atoms with Crippen LogP contribution in [0.5, 0.6) is 11.5 Å². The molecule has 32 heavy (non-hydrogen) atoms. The van der Waals surface area contributed by atoms with Crippen molar-refractivity contribution in [1.82, 2.24) is 20.9 Å². The zero-order valence-corrected chi connectivity index (χ0v) is 17.1. The van der Waals surface area contributed by atoms with E-state index in [0.29, 0.717) is 22.6 Å². The molecule has 2 aromatic carbocycles. The molecule has 10 nitrogen and oxygen atoms in total. The number of rotatable bonds is 6. The second-order valence-electron chi connectivity index (χ2n) is 6.50. The van der Waals surface area contributed by atoms with Crippen LogP contribution in [0.4, 0.5) is 5.69 Å². The summed E-state index contributed by atoms with van der Waals surface area (Å²) in [6.45, 7) is 0.107. The van der Waals surface area contributed by atoms with Crippen LogP contribution >= 0.6 is 11.6 Å². The van der Waals surface area contributed by atoms with Gasteiger partial charge in [0.25, 0.3) is 17.4 Å². The van der Waals surface area contributed by atoms with Crippen LogP contribution in [0.2, 0.25) is 5.02 Å². The van der Waals surface area contributed by atoms with Gasteiger partial charge in [-0.2, -0.15) is 5.10 Å². The molecule has 1 aliphatic rings. The fourth-order valence-corrected chi connectivity index (χ4v) is 2.91. The Bertz CT molecular complexity index is 1260. The molecule has 0 radical (unpaired) electrons. The van der Waals surface area contributed by atoms with Gasteiger partial charge in [0.1, 0.15) is 10.7 Å². The van der Waals surface area contributed by atoms with Crippen molar-refractivity contribution in [3.8, 4) is 11.5 Å². The average Bonchev–Trinajstić information content (AvgIpc) is 3.28. The molecule has 4 N–H and O–H groups in total. The number of halogens is 1. The van der Waals surface area contributed by atoms with Crippen molar-refractivity contribution in [2.75, 3.05) is 12.2 Å². The molecule has 1 aromatic heterocycles. The van der Waals surface area contributed by atoms with E-state index in [1.165, 1.54) is 12.3 Å². The number of benzene rings is 2. The standard InChI is InChI=1S/C21H16ClN5O5/c22-18-15(10-23-26-21(18)30)25-27-20(29)14(24-19(28)13-4-2-1-3-5-13)8-12-6-7-16-17(9-12)32-11-31-16/h1-10H,11H2,(H,24,28)(H,27,29)(H2,25,26,30)/b14-8+. The monoisotopic (exact) mass is 453 g/mol. The minimum atomic E-state index is -0.691. The summed E-state index contributed by atoms with van der Waals surface area (Å²) in [5, 5.41) is 8.19. The summed E-state index contributed by atoms with van der Waals surface area (Å²) < 4.78 is 10.6. The van der Waals surface area contributed by atoms with E-state index < -0.39 is 17.4 Å². The summed E-state index contributed by atoms with van der Waals surface area (Å²) in [6.07, 6.45) is 2.70. The lowest BCUT2D eigenvalue weighted by atomic mass is 10.1. The van der Waals surface area contributed by atoms with E-state index in [9.17, 15) is 14.4 Å². The van der Waals surface area contributed by atoms with E-state index in [2.05, 4.69) is 26.4 Å². The molecule has 0 fully saturated rings. The molecule has 1 aliphatic heterocycles. The largest absolute Gasteiger partial charge is 0.454 e. The lowest BCUT2D eigenvalue weighted by Crippen LogP contribution is -2.38. The minimum Gasteiger partial charge on any atom is -0.454 e. The van der Waals surface area contributed by atoms with Gasteiger partial charge >= 0.3 is 0 Å². The van der Waals surface area contributed by atoms with Crippen molar-refractivity contribution >= 4 is 35.2 Å². The zero-order chi connectivity index (χ0) is 22.5. The van der Waals surface area contributed by atoms with Gasteiger partial charge < -0.3 is 14.8 Å². The van der Waals surface area contributed by atoms with Crippen LogP contribution < -0.4 is 31.2 Å². The van der Waals surface area contributed by atoms with Gasteiger partial charge in [-0.3, -0.25) is 25.2 Å². The third-order valence-corrected chi connectivity index (χ3v) is 4.72. The Hall–Kier alpha value is -4.31. The maximum absolute atomic E-state index is 12.9. The van der Waals surface area contributed by atoms with Crippen LogP contribution in [-0.4, -0.2) is 28.8 Å². The van der Waals surface area contributed by atoms with E-state index in [4.69, 9.17) is 21.1 Å². The molecular weight excluding hydrogens is 438 g/mol. The van der Waals surface area contributed by atoms with Gasteiger partial charge in [0.2, 0.25) is 6.79 Å². The normalized spacial score (nSPS) is 12.2. The Labute approximate surface area is 186 Å². The fraction of sp³-hybridized carbons (Fsp3) is 0.0476. The average molecular weight is 454 g/mol. The molecule has 0 spiro atoms. The van der Waals surface area contributed by atoms with Crippen LogP contribution in [0.25, 0.3) is 6.08 Å². The summed E-state index contributed by atoms with van der Waals surface area (Å²) in [7, 11) is 0. The zero-order valence-electron chi connectivity index (χ0n) is 16.3. The van der Waals surface area contributed by atoms with E-state index in [0.717, 1.165) is 0 Å². The van der Waals surface area contributed by atoms with Crippen molar-refractivity contribution in [3.05, 3.63) is 86.9 Å². The molecule has 162 valence electrons. The van der Waals surface area contributed by atoms with Gasteiger partial charge in [-0.25, -0.2) is 5.10 Å². The van der Waals surface area contributed by atoms with E-state index in [1.807, 2.05) is 0 Å². The first kappa shape index (κ1) is 20.9. The van der Waals surface area contributed by atoms with Crippen LogP contribution in [-0.2, 0) is 4.79 Å². The number of carbonyl (C=O) groups excluding carboxylic acids is 2. The smallest absolute Gasteiger partial charge is 0.286 e. The number of H-pyrrole nitrogens is 1. The first-order valence-corrected chi connectivity index (χ1v) is 9.66. The minimum absolute atomic E-state index is 0.0702. The number of carbonyl (C=O) groups is 2. The molecule has 11 heteroatoms. The highest BCUT2D eigenvalue weighted by Crippen LogP contribution is 2.33. The van der Waals surface area contributed by atoms with Crippen molar-refractivity contribution in [3.63, 3.8) is 0 Å². The fourth-order valence-electron chi connectivity index (χ4n) is 2.77. The molecule has 3 aromatic rings. The number of aromatic amines is 1. The number of hydrogen-bond donors (Lipinski definition) is 4. The Kier molecular flexibility index (Phi) is 6.04. The summed E-state index contributed by atoms with van der Waals surface area (Å²) in [5.41, 5.74) is 5.26. The van der Waals surface area contributed by atoms with Crippen molar-refractivity contribution in [1.29, 1.82) is 0 Å². The van der Waals surface area contributed by atoms with Crippen LogP contribution in [0.15, 0.2) is 65.2 Å². The molecule has 2 heterocycles. The lowest BCUT2D eigenvalue weighted by Gasteiger charge is -2.13. The number of hydrogen-bond acceptors (Lipinski definition) is 7. The van der Waals surface area contributed by atoms with E-state index in [1.54, 1.807) is 48.5 Å². The molecule has 2 amide bonds. The SMILES string of the molecule is O=C(NNc1cn[nH]c(=O)c1Cl)/C(=C\c1ccc2c(c1)OCO2)NC(=O)c1ccccc1. The van der Waals surface area contributed by atoms with E-state index in [-0.39, 0.29) is 23.2 Å². The van der Waals surface area contributed by atoms with Crippen LogP contribution in [0, 0.1) is 0 Å². The number of aromatic nitrogens is 2. The summed E-state index contributed by atoms with van der Waals surface area (Å²) in [6, 6.07) is 13.5. The molecule has 0 unspecified atom stereocenters. The third-order valence-electron chi connectivity index (χ3n) is 4.34. The number of anilines is 1. The second-order valence-corrected chi connectivity index (χ2v) is 6.87. The predicted octanol–water partition coefficient (Wildman–Crippen LogP) is 2.07. The Balaban J connectivity index is 1.59. The van der Waals surface area contributed by atoms with Gasteiger partial charge in [0.15, 0.2) is 11.5 Å². The first-order valence-electron chi connectivity index (χ1n) is 9.28. The first-order chi connectivity index (χ1) is 15.5. The van der Waals surface area contributed by atoms with Gasteiger partial charge in [-0.1, -0.05) is 35.9 Å². The van der Waals surface area contributed by atoms with Gasteiger partial charge in [0, 0.05) is 5.56 Å². The molecular formula is C21H16ClN5O5. The number of hydrazine groups is 1. The second kappa shape index (κ2) is 9.23. The summed E-state index contributed by atoms with van der Waals surface area (Å²) in [4.78, 5) is 37.1. The number of nitrogens with zero attached hydrogens (tertiary/aromatic N) is 1. The predicted molar refractivity (Wildman–Crippen MR) is 116 cm³/mol. The molecule has 4 rings (SSSR count). The van der Waals surface area contributed by atoms with Gasteiger partial charge in [0.05, 0.1) is 11.9 Å². The number of ether oxygens (including phenoxy) is 2. The highest BCUT2D eigenvalue weighted by atomic mass is 35.5.